The second-order valence-electron chi connectivity index (χ2n) is 7.71. The van der Waals surface area contributed by atoms with E-state index in [0.717, 1.165) is 19.4 Å². The van der Waals surface area contributed by atoms with Gasteiger partial charge in [0.1, 0.15) is 5.75 Å². The highest BCUT2D eigenvalue weighted by atomic mass is 16.5. The van der Waals surface area contributed by atoms with Crippen LogP contribution < -0.4 is 15.4 Å². The average molecular weight is 446 g/mol. The Morgan fingerprint density at radius 2 is 1.91 bits per heavy atom. The minimum Gasteiger partial charge on any atom is -0.496 e. The van der Waals surface area contributed by atoms with E-state index in [9.17, 15) is 14.4 Å². The van der Waals surface area contributed by atoms with Crippen LogP contribution in [0.1, 0.15) is 38.3 Å². The first-order chi connectivity index (χ1) is 15.5. The molecule has 1 saturated heterocycles. The number of likely N-dealkylation sites (tertiary alicyclic amines) is 1. The number of benzene rings is 1. The van der Waals surface area contributed by atoms with Crippen molar-refractivity contribution in [2.24, 2.45) is 5.92 Å². The molecule has 3 rings (SSSR count). The third kappa shape index (κ3) is 5.40. The first-order valence-corrected chi connectivity index (χ1v) is 11.0. The van der Waals surface area contributed by atoms with E-state index in [1.165, 1.54) is 0 Å². The maximum atomic E-state index is 13.0. The Kier molecular flexibility index (Phi) is 8.10. The number of para-hydroxylation sites is 1. The Bertz CT molecular complexity index is 884. The number of nitrogens with zero attached hydrogens (tertiary/aromatic N) is 1. The Morgan fingerprint density at radius 1 is 1.16 bits per heavy atom. The van der Waals surface area contributed by atoms with Gasteiger partial charge in [-0.2, -0.15) is 0 Å². The summed E-state index contributed by atoms with van der Waals surface area (Å²) in [4.78, 5) is 39.8. The van der Waals surface area contributed by atoms with Gasteiger partial charge in [-0.15, -0.1) is 0 Å². The van der Waals surface area contributed by atoms with E-state index < -0.39 is 18.0 Å². The quantitative estimate of drug-likeness (QED) is 0.591. The van der Waals surface area contributed by atoms with Crippen LogP contribution in [0.5, 0.6) is 5.75 Å². The lowest BCUT2D eigenvalue weighted by atomic mass is 9.93. The number of carbonyl (C=O) groups is 3. The minimum absolute atomic E-state index is 0.205. The number of hydrogen-bond donors (Lipinski definition) is 2. The molecule has 0 aromatic heterocycles. The molecule has 2 aliphatic rings. The predicted molar refractivity (Wildman–Crippen MR) is 117 cm³/mol. The van der Waals surface area contributed by atoms with Gasteiger partial charge in [-0.05, 0) is 39.3 Å². The Morgan fingerprint density at radius 3 is 2.62 bits per heavy atom. The summed E-state index contributed by atoms with van der Waals surface area (Å²) in [5.41, 5.74) is 1.45. The van der Waals surface area contributed by atoms with E-state index in [1.807, 2.05) is 18.2 Å². The Balaban J connectivity index is 1.94. The molecule has 0 radical (unpaired) electrons. The van der Waals surface area contributed by atoms with Crippen LogP contribution in [-0.4, -0.2) is 62.8 Å². The summed E-state index contributed by atoms with van der Waals surface area (Å²) in [6, 6.07) is 6.10. The van der Waals surface area contributed by atoms with E-state index in [2.05, 4.69) is 15.5 Å². The molecule has 0 unspecified atom stereocenters. The van der Waals surface area contributed by atoms with Gasteiger partial charge in [0.05, 0.1) is 37.9 Å². The van der Waals surface area contributed by atoms with Gasteiger partial charge in [-0.25, -0.2) is 9.59 Å². The number of nitrogens with one attached hydrogen (secondary N) is 2. The molecule has 2 N–H and O–H groups in total. The zero-order chi connectivity index (χ0) is 23.1. The van der Waals surface area contributed by atoms with Gasteiger partial charge >= 0.3 is 18.0 Å². The molecule has 32 heavy (non-hydrogen) atoms. The van der Waals surface area contributed by atoms with Crippen LogP contribution >= 0.6 is 0 Å². The van der Waals surface area contributed by atoms with Crippen LogP contribution in [0.15, 0.2) is 35.5 Å². The molecule has 9 nitrogen and oxygen atoms in total. The van der Waals surface area contributed by atoms with Crippen molar-refractivity contribution in [3.8, 4) is 5.75 Å². The Labute approximate surface area is 188 Å². The first-order valence-electron chi connectivity index (χ1n) is 11.0. The fourth-order valence-electron chi connectivity index (χ4n) is 4.21. The SMILES string of the molecule is CCOC(=O)C1=C(CN2CCC[C@@H](C(=O)OCC)C2)NC(=O)N[C@@H]1c1ccccc1OC. The number of methoxy groups -OCH3 is 1. The zero-order valence-electron chi connectivity index (χ0n) is 18.8. The monoisotopic (exact) mass is 445 g/mol. The molecule has 174 valence electrons. The highest BCUT2D eigenvalue weighted by Gasteiger charge is 2.36. The van der Waals surface area contributed by atoms with Crippen molar-refractivity contribution in [2.75, 3.05) is 40.0 Å². The summed E-state index contributed by atoms with van der Waals surface area (Å²) in [6.45, 7) is 5.63. The molecule has 0 saturated carbocycles. The number of urea groups is 1. The van der Waals surface area contributed by atoms with Gasteiger partial charge in [-0.1, -0.05) is 18.2 Å². The molecule has 9 heteroatoms. The summed E-state index contributed by atoms with van der Waals surface area (Å²) in [5.74, 6) is -0.387. The van der Waals surface area contributed by atoms with Crippen LogP contribution in [0.3, 0.4) is 0 Å². The number of hydrogen-bond acceptors (Lipinski definition) is 7. The number of rotatable bonds is 8. The maximum absolute atomic E-state index is 13.0. The number of carbonyl (C=O) groups excluding carboxylic acids is 3. The van der Waals surface area contributed by atoms with E-state index in [-0.39, 0.29) is 18.5 Å². The predicted octanol–water partition coefficient (Wildman–Crippen LogP) is 2.14. The van der Waals surface area contributed by atoms with E-state index >= 15 is 0 Å². The van der Waals surface area contributed by atoms with Gasteiger partial charge in [0.25, 0.3) is 0 Å². The van der Waals surface area contributed by atoms with Crippen LogP contribution in [0, 0.1) is 5.92 Å². The molecule has 2 aliphatic heterocycles. The molecule has 1 fully saturated rings. The van der Waals surface area contributed by atoms with Crippen molar-refractivity contribution in [3.63, 3.8) is 0 Å². The molecule has 2 amide bonds. The molecule has 0 aliphatic carbocycles. The topological polar surface area (TPSA) is 106 Å². The summed E-state index contributed by atoms with van der Waals surface area (Å²) < 4.78 is 16.0. The third-order valence-electron chi connectivity index (χ3n) is 5.61. The number of piperidine rings is 1. The highest BCUT2D eigenvalue weighted by Crippen LogP contribution is 2.34. The normalized spacial score (nSPS) is 21.4. The second-order valence-corrected chi connectivity index (χ2v) is 7.71. The first kappa shape index (κ1) is 23.6. The van der Waals surface area contributed by atoms with Crippen molar-refractivity contribution >= 4 is 18.0 Å². The number of ether oxygens (including phenoxy) is 3. The van der Waals surface area contributed by atoms with Crippen molar-refractivity contribution in [3.05, 3.63) is 41.1 Å². The molecule has 2 atom stereocenters. The maximum Gasteiger partial charge on any atom is 0.338 e. The molecule has 0 spiro atoms. The van der Waals surface area contributed by atoms with Crippen molar-refractivity contribution in [1.29, 1.82) is 0 Å². The molecular weight excluding hydrogens is 414 g/mol. The molecule has 1 aromatic carbocycles. The average Bonchev–Trinajstić information content (AvgIpc) is 2.79. The largest absolute Gasteiger partial charge is 0.496 e. The van der Waals surface area contributed by atoms with Gasteiger partial charge in [0, 0.05) is 24.4 Å². The van der Waals surface area contributed by atoms with Crippen molar-refractivity contribution < 1.29 is 28.6 Å². The number of amides is 2. The summed E-state index contributed by atoms with van der Waals surface area (Å²) in [5, 5.41) is 5.62. The van der Waals surface area contributed by atoms with Crippen LogP contribution in [-0.2, 0) is 19.1 Å². The molecular formula is C23H31N3O6. The van der Waals surface area contributed by atoms with Gasteiger partial charge < -0.3 is 24.8 Å². The smallest absolute Gasteiger partial charge is 0.338 e. The third-order valence-corrected chi connectivity index (χ3v) is 5.61. The fraction of sp³-hybridized carbons (Fsp3) is 0.522. The lowest BCUT2D eigenvalue weighted by Gasteiger charge is -2.35. The van der Waals surface area contributed by atoms with Gasteiger partial charge in [0.15, 0.2) is 0 Å². The second kappa shape index (κ2) is 11.0. The molecule has 2 heterocycles. The summed E-state index contributed by atoms with van der Waals surface area (Å²) in [7, 11) is 1.54. The summed E-state index contributed by atoms with van der Waals surface area (Å²) >= 11 is 0. The van der Waals surface area contributed by atoms with Crippen LogP contribution in [0.2, 0.25) is 0 Å². The zero-order valence-corrected chi connectivity index (χ0v) is 18.8. The van der Waals surface area contributed by atoms with Crippen molar-refractivity contribution in [1.82, 2.24) is 15.5 Å². The van der Waals surface area contributed by atoms with E-state index in [4.69, 9.17) is 14.2 Å². The molecule has 1 aromatic rings. The highest BCUT2D eigenvalue weighted by molar-refractivity contribution is 5.95. The van der Waals surface area contributed by atoms with Gasteiger partial charge in [0.2, 0.25) is 0 Å². The van der Waals surface area contributed by atoms with Gasteiger partial charge in [-0.3, -0.25) is 9.69 Å². The molecule has 0 bridgehead atoms. The van der Waals surface area contributed by atoms with Crippen LogP contribution in [0.25, 0.3) is 0 Å². The van der Waals surface area contributed by atoms with E-state index in [1.54, 1.807) is 27.0 Å². The summed E-state index contributed by atoms with van der Waals surface area (Å²) in [6.07, 6.45) is 1.59. The lowest BCUT2D eigenvalue weighted by molar-refractivity contribution is -0.150. The van der Waals surface area contributed by atoms with E-state index in [0.29, 0.717) is 42.3 Å². The number of esters is 2. The lowest BCUT2D eigenvalue weighted by Crippen LogP contribution is -2.50. The van der Waals surface area contributed by atoms with Crippen LogP contribution in [0.4, 0.5) is 4.79 Å². The standard InChI is InChI=1S/C23H31N3O6/c1-4-31-21(27)15-9-8-12-26(13-15)14-17-19(22(28)32-5-2)20(25-23(29)24-17)16-10-6-7-11-18(16)30-3/h6-7,10-11,15,20H,4-5,8-9,12-14H2,1-3H3,(H2,24,25,29)/t15-,20-/m1/s1. The Hall–Kier alpha value is -3.07. The fourth-order valence-corrected chi connectivity index (χ4v) is 4.21. The minimum atomic E-state index is -0.723. The van der Waals surface area contributed by atoms with Crippen molar-refractivity contribution in [2.45, 2.75) is 32.7 Å².